The minimum atomic E-state index is 0.387. The van der Waals surface area contributed by atoms with Crippen molar-refractivity contribution in [3.05, 3.63) is 48.2 Å². The lowest BCUT2D eigenvalue weighted by Gasteiger charge is -2.09. The molecule has 0 fully saturated rings. The molecule has 0 unspecified atom stereocenters. The Balaban J connectivity index is 1.81. The molecule has 1 aromatic carbocycles. The Morgan fingerprint density at radius 2 is 2.05 bits per heavy atom. The van der Waals surface area contributed by atoms with Gasteiger partial charge < -0.3 is 15.8 Å². The molecule has 5 nitrogen and oxygen atoms in total. The number of nitrogens with one attached hydrogen (secondary N) is 1. The summed E-state index contributed by atoms with van der Waals surface area (Å²) in [7, 11) is 0. The molecule has 0 saturated heterocycles. The molecule has 0 radical (unpaired) electrons. The molecule has 2 rings (SSSR count). The van der Waals surface area contributed by atoms with E-state index in [0.717, 1.165) is 0 Å². The van der Waals surface area contributed by atoms with E-state index in [9.17, 15) is 0 Å². The highest BCUT2D eigenvalue weighted by Gasteiger charge is 1.99. The van der Waals surface area contributed by atoms with E-state index >= 15 is 0 Å². The van der Waals surface area contributed by atoms with Crippen LogP contribution in [0.25, 0.3) is 0 Å². The number of benzene rings is 1. The zero-order valence-corrected chi connectivity index (χ0v) is 10.3. The topological polar surface area (TPSA) is 84.0 Å². The van der Waals surface area contributed by atoms with Crippen molar-refractivity contribution in [1.82, 2.24) is 4.98 Å². The Morgan fingerprint density at radius 1 is 1.21 bits per heavy atom. The van der Waals surface area contributed by atoms with Gasteiger partial charge in [-0.15, -0.1) is 0 Å². The van der Waals surface area contributed by atoms with E-state index in [4.69, 9.17) is 15.7 Å². The summed E-state index contributed by atoms with van der Waals surface area (Å²) in [5.41, 5.74) is 6.76. The summed E-state index contributed by atoms with van der Waals surface area (Å²) >= 11 is 0. The summed E-state index contributed by atoms with van der Waals surface area (Å²) < 4.78 is 5.53. The third-order valence-corrected chi connectivity index (χ3v) is 2.45. The molecule has 3 N–H and O–H groups in total. The Kier molecular flexibility index (Phi) is 4.19. The van der Waals surface area contributed by atoms with E-state index in [1.807, 2.05) is 24.3 Å². The summed E-state index contributed by atoms with van der Waals surface area (Å²) in [5.74, 6) is 1.33. The van der Waals surface area contributed by atoms with Gasteiger partial charge in [0.2, 0.25) is 0 Å². The standard InChI is InChI=1S/C14H14N4O/c15-10-11-4-3-7-14(18-11)17-8-9-19-13-6-2-1-5-12(13)16/h1-7H,8-9,16H2,(H,17,18). The minimum Gasteiger partial charge on any atom is -0.490 e. The third kappa shape index (κ3) is 3.61. The van der Waals surface area contributed by atoms with Gasteiger partial charge in [0.15, 0.2) is 0 Å². The second-order valence-corrected chi connectivity index (χ2v) is 3.83. The van der Waals surface area contributed by atoms with Crippen LogP contribution in [0.3, 0.4) is 0 Å². The van der Waals surface area contributed by atoms with Gasteiger partial charge in [0.05, 0.1) is 12.2 Å². The number of anilines is 2. The predicted octanol–water partition coefficient (Wildman–Crippen LogP) is 2.03. The van der Waals surface area contributed by atoms with Crippen LogP contribution in [-0.4, -0.2) is 18.1 Å². The zero-order chi connectivity index (χ0) is 13.5. The predicted molar refractivity (Wildman–Crippen MR) is 73.8 cm³/mol. The molecular weight excluding hydrogens is 240 g/mol. The van der Waals surface area contributed by atoms with Crippen LogP contribution in [0.2, 0.25) is 0 Å². The summed E-state index contributed by atoms with van der Waals surface area (Å²) in [5, 5.41) is 11.8. The molecule has 0 aliphatic carbocycles. The number of rotatable bonds is 5. The normalized spacial score (nSPS) is 9.63. The number of hydrogen-bond donors (Lipinski definition) is 2. The van der Waals surface area contributed by atoms with Gasteiger partial charge in [0.1, 0.15) is 29.9 Å². The van der Waals surface area contributed by atoms with E-state index in [0.29, 0.717) is 36.1 Å². The largest absolute Gasteiger partial charge is 0.490 e. The lowest BCUT2D eigenvalue weighted by molar-refractivity contribution is 0.334. The molecular formula is C14H14N4O. The second-order valence-electron chi connectivity index (χ2n) is 3.83. The number of hydrogen-bond acceptors (Lipinski definition) is 5. The fraction of sp³-hybridized carbons (Fsp3) is 0.143. The fourth-order valence-electron chi connectivity index (χ4n) is 1.55. The van der Waals surface area contributed by atoms with Crippen LogP contribution in [0.4, 0.5) is 11.5 Å². The zero-order valence-electron chi connectivity index (χ0n) is 10.3. The molecule has 2 aromatic rings. The maximum absolute atomic E-state index is 8.73. The third-order valence-electron chi connectivity index (χ3n) is 2.45. The van der Waals surface area contributed by atoms with Gasteiger partial charge in [0, 0.05) is 0 Å². The molecule has 0 spiro atoms. The van der Waals surface area contributed by atoms with Crippen molar-refractivity contribution in [1.29, 1.82) is 5.26 Å². The highest BCUT2D eigenvalue weighted by molar-refractivity contribution is 5.51. The van der Waals surface area contributed by atoms with E-state index in [1.165, 1.54) is 0 Å². The molecule has 19 heavy (non-hydrogen) atoms. The Morgan fingerprint density at radius 3 is 2.84 bits per heavy atom. The smallest absolute Gasteiger partial charge is 0.142 e. The van der Waals surface area contributed by atoms with Crippen LogP contribution < -0.4 is 15.8 Å². The van der Waals surface area contributed by atoms with Crippen LogP contribution >= 0.6 is 0 Å². The highest BCUT2D eigenvalue weighted by Crippen LogP contribution is 2.19. The monoisotopic (exact) mass is 254 g/mol. The molecule has 5 heteroatoms. The summed E-state index contributed by atoms with van der Waals surface area (Å²) in [4.78, 5) is 4.10. The Bertz CT molecular complexity index is 592. The molecule has 1 aromatic heterocycles. The Labute approximate surface area is 111 Å². The lowest BCUT2D eigenvalue weighted by Crippen LogP contribution is -2.13. The van der Waals surface area contributed by atoms with Crippen LogP contribution in [0.5, 0.6) is 5.75 Å². The lowest BCUT2D eigenvalue weighted by atomic mass is 10.3. The van der Waals surface area contributed by atoms with E-state index < -0.39 is 0 Å². The molecule has 0 saturated carbocycles. The second kappa shape index (κ2) is 6.26. The van der Waals surface area contributed by atoms with Crippen LogP contribution in [0.15, 0.2) is 42.5 Å². The average Bonchev–Trinajstić information content (AvgIpc) is 2.45. The first kappa shape index (κ1) is 12.7. The van der Waals surface area contributed by atoms with Crippen LogP contribution in [-0.2, 0) is 0 Å². The number of nitriles is 1. The maximum atomic E-state index is 8.73. The summed E-state index contributed by atoms with van der Waals surface area (Å²) in [6, 6.07) is 14.6. The van der Waals surface area contributed by atoms with Crippen molar-refractivity contribution < 1.29 is 4.74 Å². The Hall–Kier alpha value is -2.74. The van der Waals surface area contributed by atoms with Gasteiger partial charge in [-0.25, -0.2) is 4.98 Å². The molecule has 0 atom stereocenters. The first-order valence-corrected chi connectivity index (χ1v) is 5.88. The summed E-state index contributed by atoms with van der Waals surface area (Å²) in [6.45, 7) is 1.04. The molecule has 96 valence electrons. The van der Waals surface area contributed by atoms with E-state index in [1.54, 1.807) is 24.3 Å². The van der Waals surface area contributed by atoms with Crippen molar-refractivity contribution in [2.75, 3.05) is 24.2 Å². The molecule has 1 heterocycles. The first-order chi connectivity index (χ1) is 9.29. The van der Waals surface area contributed by atoms with Gasteiger partial charge in [-0.05, 0) is 24.3 Å². The molecule has 0 aliphatic heterocycles. The van der Waals surface area contributed by atoms with Gasteiger partial charge in [-0.2, -0.15) is 5.26 Å². The maximum Gasteiger partial charge on any atom is 0.142 e. The first-order valence-electron chi connectivity index (χ1n) is 5.88. The van der Waals surface area contributed by atoms with Crippen molar-refractivity contribution in [3.63, 3.8) is 0 Å². The van der Waals surface area contributed by atoms with Crippen molar-refractivity contribution in [2.24, 2.45) is 0 Å². The number of aromatic nitrogens is 1. The minimum absolute atomic E-state index is 0.387. The average molecular weight is 254 g/mol. The van der Waals surface area contributed by atoms with Gasteiger partial charge >= 0.3 is 0 Å². The summed E-state index contributed by atoms with van der Waals surface area (Å²) in [6.07, 6.45) is 0. The highest BCUT2D eigenvalue weighted by atomic mass is 16.5. The van der Waals surface area contributed by atoms with Gasteiger partial charge in [-0.3, -0.25) is 0 Å². The quantitative estimate of drug-likeness (QED) is 0.630. The number of nitrogens with zero attached hydrogens (tertiary/aromatic N) is 2. The molecule has 0 bridgehead atoms. The number of para-hydroxylation sites is 2. The number of nitrogens with two attached hydrogens (primary N) is 1. The van der Waals surface area contributed by atoms with E-state index in [-0.39, 0.29) is 0 Å². The number of nitrogen functional groups attached to an aromatic ring is 1. The van der Waals surface area contributed by atoms with Crippen molar-refractivity contribution in [2.45, 2.75) is 0 Å². The van der Waals surface area contributed by atoms with Gasteiger partial charge in [-0.1, -0.05) is 18.2 Å². The molecule has 0 aliphatic rings. The SMILES string of the molecule is N#Cc1cccc(NCCOc2ccccc2N)n1. The van der Waals surface area contributed by atoms with Crippen LogP contribution in [0, 0.1) is 11.3 Å². The number of pyridine rings is 1. The van der Waals surface area contributed by atoms with Crippen LogP contribution in [0.1, 0.15) is 5.69 Å². The van der Waals surface area contributed by atoms with Crippen molar-refractivity contribution in [3.8, 4) is 11.8 Å². The molecule has 0 amide bonds. The van der Waals surface area contributed by atoms with Crippen molar-refractivity contribution >= 4 is 11.5 Å². The number of ether oxygens (including phenoxy) is 1. The van der Waals surface area contributed by atoms with E-state index in [2.05, 4.69) is 10.3 Å². The van der Waals surface area contributed by atoms with Gasteiger partial charge in [0.25, 0.3) is 0 Å². The fourth-order valence-corrected chi connectivity index (χ4v) is 1.55.